The van der Waals surface area contributed by atoms with Crippen LogP contribution in [0.5, 0.6) is 0 Å². The number of para-hydroxylation sites is 1. The minimum Gasteiger partial charge on any atom is -0.324 e. The summed E-state index contributed by atoms with van der Waals surface area (Å²) >= 11 is 0. The largest absolute Gasteiger partial charge is 0.324 e. The molecule has 0 aromatic heterocycles. The van der Waals surface area contributed by atoms with Gasteiger partial charge in [-0.1, -0.05) is 24.3 Å². The number of nitrogens with one attached hydrogen (secondary N) is 2. The molecule has 0 unspecified atom stereocenters. The number of rotatable bonds is 5. The van der Waals surface area contributed by atoms with Crippen molar-refractivity contribution in [2.75, 3.05) is 17.2 Å². The molecule has 4 rings (SSSR count). The highest BCUT2D eigenvalue weighted by atomic mass is 19.1. The predicted molar refractivity (Wildman–Crippen MR) is 111 cm³/mol. The normalized spacial score (nSPS) is 19.8. The van der Waals surface area contributed by atoms with Crippen LogP contribution in [0, 0.1) is 17.7 Å². The van der Waals surface area contributed by atoms with Crippen LogP contribution < -0.4 is 10.6 Å². The third kappa shape index (κ3) is 4.23. The Labute approximate surface area is 177 Å². The van der Waals surface area contributed by atoms with Gasteiger partial charge in [0.1, 0.15) is 12.4 Å². The molecule has 2 aromatic carbocycles. The van der Waals surface area contributed by atoms with Gasteiger partial charge in [0, 0.05) is 5.69 Å². The number of allylic oxidation sites excluding steroid dienone is 2. The van der Waals surface area contributed by atoms with Gasteiger partial charge in [0.05, 0.1) is 23.1 Å². The SMILES string of the molecule is O=C(CN1C(=O)[C@H]2CC=CC[C@H]2C1=O)Nc1ccccc1C(=O)Nc1ccc(F)cc1. The number of anilines is 2. The van der Waals surface area contributed by atoms with Crippen molar-refractivity contribution in [3.05, 3.63) is 72.1 Å². The summed E-state index contributed by atoms with van der Waals surface area (Å²) in [5.74, 6) is -2.97. The molecule has 2 aliphatic rings. The summed E-state index contributed by atoms with van der Waals surface area (Å²) in [7, 11) is 0. The number of halogens is 1. The van der Waals surface area contributed by atoms with Crippen LogP contribution in [0.1, 0.15) is 23.2 Å². The van der Waals surface area contributed by atoms with Crippen molar-refractivity contribution < 1.29 is 23.6 Å². The fourth-order valence-corrected chi connectivity index (χ4v) is 3.88. The number of likely N-dealkylation sites (tertiary alicyclic amines) is 1. The maximum Gasteiger partial charge on any atom is 0.257 e. The lowest BCUT2D eigenvalue weighted by Crippen LogP contribution is -2.38. The summed E-state index contributed by atoms with van der Waals surface area (Å²) < 4.78 is 13.1. The summed E-state index contributed by atoms with van der Waals surface area (Å²) in [6.45, 7) is -0.404. The Bertz CT molecular complexity index is 1050. The molecule has 2 atom stereocenters. The standard InChI is InChI=1S/C23H20FN3O4/c24-14-9-11-15(12-10-14)25-21(29)18-7-3-4-8-19(18)26-20(28)13-27-22(30)16-5-1-2-6-17(16)23(27)31/h1-4,7-12,16-17H,5-6,13H2,(H,25,29)(H,26,28)/t16-,17+. The minimum atomic E-state index is -0.574. The molecule has 2 N–H and O–H groups in total. The smallest absolute Gasteiger partial charge is 0.257 e. The number of hydrogen-bond donors (Lipinski definition) is 2. The fourth-order valence-electron chi connectivity index (χ4n) is 3.88. The van der Waals surface area contributed by atoms with Gasteiger partial charge in [0.2, 0.25) is 17.7 Å². The average Bonchev–Trinajstić information content (AvgIpc) is 3.01. The first-order valence-corrected chi connectivity index (χ1v) is 9.90. The van der Waals surface area contributed by atoms with Crippen molar-refractivity contribution in [2.45, 2.75) is 12.8 Å². The minimum absolute atomic E-state index is 0.192. The van der Waals surface area contributed by atoms with Gasteiger partial charge in [0.15, 0.2) is 0 Å². The number of carbonyl (C=O) groups is 4. The van der Waals surface area contributed by atoms with E-state index in [0.29, 0.717) is 18.5 Å². The van der Waals surface area contributed by atoms with Crippen LogP contribution >= 0.6 is 0 Å². The van der Waals surface area contributed by atoms with Gasteiger partial charge < -0.3 is 10.6 Å². The molecule has 1 aliphatic carbocycles. The number of nitrogens with zero attached hydrogens (tertiary/aromatic N) is 1. The topological polar surface area (TPSA) is 95.6 Å². The monoisotopic (exact) mass is 421 g/mol. The lowest BCUT2D eigenvalue weighted by molar-refractivity contribution is -0.142. The van der Waals surface area contributed by atoms with Crippen molar-refractivity contribution in [2.24, 2.45) is 11.8 Å². The van der Waals surface area contributed by atoms with Gasteiger partial charge in [-0.25, -0.2) is 4.39 Å². The highest BCUT2D eigenvalue weighted by Crippen LogP contribution is 2.34. The first-order valence-electron chi connectivity index (χ1n) is 9.90. The zero-order valence-electron chi connectivity index (χ0n) is 16.5. The van der Waals surface area contributed by atoms with Crippen LogP contribution in [-0.2, 0) is 14.4 Å². The highest BCUT2D eigenvalue weighted by Gasteiger charge is 2.47. The molecule has 1 heterocycles. The van der Waals surface area contributed by atoms with E-state index in [-0.39, 0.29) is 23.1 Å². The van der Waals surface area contributed by atoms with E-state index in [9.17, 15) is 23.6 Å². The second kappa shape index (κ2) is 8.51. The molecule has 0 radical (unpaired) electrons. The lowest BCUT2D eigenvalue weighted by Gasteiger charge is -2.16. The molecule has 1 saturated heterocycles. The molecule has 158 valence electrons. The van der Waals surface area contributed by atoms with E-state index in [1.807, 2.05) is 12.2 Å². The summed E-state index contributed by atoms with van der Waals surface area (Å²) in [5.41, 5.74) is 0.833. The molecule has 8 heteroatoms. The third-order valence-corrected chi connectivity index (χ3v) is 5.45. The van der Waals surface area contributed by atoms with E-state index in [1.165, 1.54) is 30.3 Å². The molecule has 1 aliphatic heterocycles. The number of hydrogen-bond acceptors (Lipinski definition) is 4. The van der Waals surface area contributed by atoms with E-state index >= 15 is 0 Å². The van der Waals surface area contributed by atoms with Crippen molar-refractivity contribution in [3.63, 3.8) is 0 Å². The van der Waals surface area contributed by atoms with E-state index in [2.05, 4.69) is 10.6 Å². The molecule has 4 amide bonds. The summed E-state index contributed by atoms with van der Waals surface area (Å²) in [6.07, 6.45) is 4.76. The van der Waals surface area contributed by atoms with Gasteiger partial charge in [-0.3, -0.25) is 24.1 Å². The highest BCUT2D eigenvalue weighted by molar-refractivity contribution is 6.12. The van der Waals surface area contributed by atoms with Gasteiger partial charge in [-0.15, -0.1) is 0 Å². The number of fused-ring (bicyclic) bond motifs is 1. The maximum absolute atomic E-state index is 13.1. The van der Waals surface area contributed by atoms with Gasteiger partial charge >= 0.3 is 0 Å². The van der Waals surface area contributed by atoms with E-state index in [0.717, 1.165) is 4.90 Å². The zero-order valence-corrected chi connectivity index (χ0v) is 16.5. The Hall–Kier alpha value is -3.81. The molecular formula is C23H20FN3O4. The number of imide groups is 1. The third-order valence-electron chi connectivity index (χ3n) is 5.45. The molecule has 2 aromatic rings. The van der Waals surface area contributed by atoms with E-state index in [1.54, 1.807) is 18.2 Å². The van der Waals surface area contributed by atoms with Crippen molar-refractivity contribution in [1.29, 1.82) is 0 Å². The maximum atomic E-state index is 13.1. The van der Waals surface area contributed by atoms with Crippen molar-refractivity contribution in [1.82, 2.24) is 4.90 Å². The van der Waals surface area contributed by atoms with Gasteiger partial charge in [-0.05, 0) is 49.2 Å². The summed E-state index contributed by atoms with van der Waals surface area (Å²) in [6, 6.07) is 11.7. The Kier molecular flexibility index (Phi) is 5.62. The molecule has 31 heavy (non-hydrogen) atoms. The van der Waals surface area contributed by atoms with Crippen LogP contribution in [0.3, 0.4) is 0 Å². The fraction of sp³-hybridized carbons (Fsp3) is 0.217. The first kappa shape index (κ1) is 20.5. The molecule has 1 fully saturated rings. The van der Waals surface area contributed by atoms with Crippen LogP contribution in [0.2, 0.25) is 0 Å². The lowest BCUT2D eigenvalue weighted by atomic mass is 9.85. The van der Waals surface area contributed by atoms with Crippen LogP contribution in [0.15, 0.2) is 60.7 Å². The molecule has 0 saturated carbocycles. The molecular weight excluding hydrogens is 401 g/mol. The first-order chi connectivity index (χ1) is 14.9. The van der Waals surface area contributed by atoms with Crippen molar-refractivity contribution >= 4 is 35.0 Å². The molecule has 0 bridgehead atoms. The average molecular weight is 421 g/mol. The second-order valence-electron chi connectivity index (χ2n) is 7.47. The Balaban J connectivity index is 1.44. The van der Waals surface area contributed by atoms with Gasteiger partial charge in [0.25, 0.3) is 5.91 Å². The Morgan fingerprint density at radius 2 is 1.52 bits per heavy atom. The van der Waals surface area contributed by atoms with Crippen LogP contribution in [0.4, 0.5) is 15.8 Å². The number of carbonyl (C=O) groups excluding carboxylic acids is 4. The summed E-state index contributed by atoms with van der Waals surface area (Å²) in [4.78, 5) is 51.3. The van der Waals surface area contributed by atoms with Crippen LogP contribution in [-0.4, -0.2) is 35.1 Å². The number of benzene rings is 2. The molecule has 7 nitrogen and oxygen atoms in total. The van der Waals surface area contributed by atoms with E-state index in [4.69, 9.17) is 0 Å². The van der Waals surface area contributed by atoms with Crippen LogP contribution in [0.25, 0.3) is 0 Å². The van der Waals surface area contributed by atoms with Crippen molar-refractivity contribution in [3.8, 4) is 0 Å². The second-order valence-corrected chi connectivity index (χ2v) is 7.47. The van der Waals surface area contributed by atoms with E-state index < -0.39 is 36.0 Å². The molecule has 0 spiro atoms. The number of amides is 4. The zero-order chi connectivity index (χ0) is 22.0. The Morgan fingerprint density at radius 3 is 2.16 bits per heavy atom. The Morgan fingerprint density at radius 1 is 0.903 bits per heavy atom. The predicted octanol–water partition coefficient (Wildman–Crippen LogP) is 2.97. The van der Waals surface area contributed by atoms with Gasteiger partial charge in [-0.2, -0.15) is 0 Å². The quantitative estimate of drug-likeness (QED) is 0.573. The summed E-state index contributed by atoms with van der Waals surface area (Å²) in [5, 5.41) is 5.25.